The van der Waals surface area contributed by atoms with E-state index in [9.17, 15) is 0 Å². The molecule has 0 radical (unpaired) electrons. The zero-order chi connectivity index (χ0) is 13.8. The summed E-state index contributed by atoms with van der Waals surface area (Å²) in [4.78, 5) is 4.31. The van der Waals surface area contributed by atoms with Crippen molar-refractivity contribution in [3.8, 4) is 0 Å². The van der Waals surface area contributed by atoms with Crippen LogP contribution in [0.3, 0.4) is 0 Å². The summed E-state index contributed by atoms with van der Waals surface area (Å²) in [5, 5.41) is 3.90. The van der Waals surface area contributed by atoms with Gasteiger partial charge in [-0.15, -0.1) is 0 Å². The maximum absolute atomic E-state index is 5.93. The lowest BCUT2D eigenvalue weighted by molar-refractivity contribution is 0.0665. The Balaban J connectivity index is 2.47. The predicted octanol–water partition coefficient (Wildman–Crippen LogP) is 2.47. The van der Waals surface area contributed by atoms with Crippen LogP contribution in [0, 0.1) is 5.41 Å². The Labute approximate surface area is 109 Å². The van der Waals surface area contributed by atoms with Crippen LogP contribution in [0.2, 0.25) is 0 Å². The molecule has 18 heavy (non-hydrogen) atoms. The van der Waals surface area contributed by atoms with Gasteiger partial charge in [0.1, 0.15) is 0 Å². The van der Waals surface area contributed by atoms with Crippen molar-refractivity contribution >= 4 is 0 Å². The van der Waals surface area contributed by atoms with Gasteiger partial charge in [0.05, 0.1) is 18.8 Å². The minimum Gasteiger partial charge on any atom is -0.377 e. The van der Waals surface area contributed by atoms with Crippen LogP contribution in [0.4, 0.5) is 0 Å². The molecule has 5 nitrogen and oxygen atoms in total. The van der Waals surface area contributed by atoms with Crippen LogP contribution < -0.4 is 5.73 Å². The van der Waals surface area contributed by atoms with Crippen molar-refractivity contribution in [3.05, 3.63) is 11.7 Å². The molecule has 0 aliphatic heterocycles. The minimum atomic E-state index is -0.320. The molecule has 0 amide bonds. The Morgan fingerprint density at radius 3 is 2.56 bits per heavy atom. The molecule has 0 spiro atoms. The van der Waals surface area contributed by atoms with Crippen LogP contribution in [0.1, 0.15) is 58.8 Å². The molecule has 1 aromatic rings. The molecule has 0 aliphatic carbocycles. The fraction of sp³-hybridized carbons (Fsp3) is 0.846. The number of hydrogen-bond acceptors (Lipinski definition) is 5. The van der Waals surface area contributed by atoms with Gasteiger partial charge in [0.25, 0.3) is 0 Å². The first-order chi connectivity index (χ1) is 8.28. The third-order valence-corrected chi connectivity index (χ3v) is 2.51. The Hall–Kier alpha value is -0.940. The van der Waals surface area contributed by atoms with Gasteiger partial charge in [-0.2, -0.15) is 4.98 Å². The number of ether oxygens (including phenoxy) is 1. The normalized spacial score (nSPS) is 14.2. The third kappa shape index (κ3) is 5.60. The average molecular weight is 255 g/mol. The number of aryl methyl sites for hydroxylation is 1. The predicted molar refractivity (Wildman–Crippen MR) is 70.1 cm³/mol. The first-order valence-electron chi connectivity index (χ1n) is 6.47. The van der Waals surface area contributed by atoms with E-state index in [2.05, 4.69) is 30.9 Å². The molecule has 1 rings (SSSR count). The second-order valence-electron chi connectivity index (χ2n) is 6.10. The molecule has 1 unspecified atom stereocenters. The number of hydrogen-bond donors (Lipinski definition) is 1. The maximum Gasteiger partial charge on any atom is 0.226 e. The molecule has 1 atom stereocenters. The van der Waals surface area contributed by atoms with Crippen LogP contribution in [-0.2, 0) is 11.2 Å². The van der Waals surface area contributed by atoms with E-state index in [1.54, 1.807) is 0 Å². The summed E-state index contributed by atoms with van der Waals surface area (Å²) in [7, 11) is 0. The van der Waals surface area contributed by atoms with Crippen LogP contribution in [0.25, 0.3) is 0 Å². The summed E-state index contributed by atoms with van der Waals surface area (Å²) < 4.78 is 10.6. The third-order valence-electron chi connectivity index (χ3n) is 2.51. The van der Waals surface area contributed by atoms with Gasteiger partial charge in [-0.05, 0) is 25.7 Å². The first kappa shape index (κ1) is 15.1. The highest BCUT2D eigenvalue weighted by Gasteiger charge is 2.17. The zero-order valence-electron chi connectivity index (χ0n) is 12.1. The second-order valence-corrected chi connectivity index (χ2v) is 6.10. The summed E-state index contributed by atoms with van der Waals surface area (Å²) in [6, 6.07) is -0.320. The highest BCUT2D eigenvalue weighted by molar-refractivity contribution is 4.93. The zero-order valence-corrected chi connectivity index (χ0v) is 12.1. The lowest BCUT2D eigenvalue weighted by atomic mass is 9.91. The van der Waals surface area contributed by atoms with Crippen molar-refractivity contribution in [1.82, 2.24) is 10.1 Å². The Kier molecular flexibility index (Phi) is 5.28. The van der Waals surface area contributed by atoms with Gasteiger partial charge < -0.3 is 15.0 Å². The van der Waals surface area contributed by atoms with E-state index in [1.165, 1.54) is 0 Å². The molecule has 0 aromatic carbocycles. The monoisotopic (exact) mass is 255 g/mol. The van der Waals surface area contributed by atoms with E-state index >= 15 is 0 Å². The summed E-state index contributed by atoms with van der Waals surface area (Å²) in [5.74, 6) is 1.18. The highest BCUT2D eigenvalue weighted by atomic mass is 16.5. The maximum atomic E-state index is 5.93. The smallest absolute Gasteiger partial charge is 0.226 e. The van der Waals surface area contributed by atoms with E-state index in [1.807, 2.05) is 13.8 Å². The van der Waals surface area contributed by atoms with Crippen LogP contribution in [0.5, 0.6) is 0 Å². The molecular weight excluding hydrogens is 230 g/mol. The van der Waals surface area contributed by atoms with Crippen molar-refractivity contribution in [2.24, 2.45) is 11.1 Å². The largest absolute Gasteiger partial charge is 0.377 e. The van der Waals surface area contributed by atoms with Crippen molar-refractivity contribution < 1.29 is 9.26 Å². The van der Waals surface area contributed by atoms with Crippen molar-refractivity contribution in [2.75, 3.05) is 6.61 Å². The molecule has 2 N–H and O–H groups in total. The Morgan fingerprint density at radius 1 is 1.33 bits per heavy atom. The highest BCUT2D eigenvalue weighted by Crippen LogP contribution is 2.21. The fourth-order valence-electron chi connectivity index (χ4n) is 1.37. The van der Waals surface area contributed by atoms with Gasteiger partial charge in [-0.1, -0.05) is 25.9 Å². The van der Waals surface area contributed by atoms with Crippen molar-refractivity contribution in [3.63, 3.8) is 0 Å². The number of nitrogens with zero attached hydrogens (tertiary/aromatic N) is 2. The van der Waals surface area contributed by atoms with E-state index in [0.29, 0.717) is 18.3 Å². The molecule has 0 saturated heterocycles. The van der Waals surface area contributed by atoms with E-state index in [4.69, 9.17) is 15.0 Å². The van der Waals surface area contributed by atoms with Gasteiger partial charge in [0.2, 0.25) is 5.89 Å². The summed E-state index contributed by atoms with van der Waals surface area (Å²) in [6.07, 6.45) is 1.95. The molecular formula is C13H25N3O2. The standard InChI is InChI=1S/C13H25N3O2/c1-9(2)17-8-10(14)12-15-11(18-16-12)6-7-13(3,4)5/h9-10H,6-8,14H2,1-5H3. The lowest BCUT2D eigenvalue weighted by Gasteiger charge is -2.15. The van der Waals surface area contributed by atoms with Crippen LogP contribution >= 0.6 is 0 Å². The molecule has 1 aromatic heterocycles. The van der Waals surface area contributed by atoms with Crippen molar-refractivity contribution in [1.29, 1.82) is 0 Å². The quantitative estimate of drug-likeness (QED) is 0.845. The lowest BCUT2D eigenvalue weighted by Crippen LogP contribution is -2.20. The Morgan fingerprint density at radius 2 is 2.00 bits per heavy atom. The average Bonchev–Trinajstić information content (AvgIpc) is 2.70. The SMILES string of the molecule is CC(C)OCC(N)c1noc(CCC(C)(C)C)n1. The van der Waals surface area contributed by atoms with E-state index in [0.717, 1.165) is 12.8 Å². The molecule has 1 heterocycles. The Bertz CT molecular complexity index is 355. The molecule has 0 bridgehead atoms. The van der Waals surface area contributed by atoms with Crippen molar-refractivity contribution in [2.45, 2.75) is 59.6 Å². The minimum absolute atomic E-state index is 0.156. The fourth-order valence-corrected chi connectivity index (χ4v) is 1.37. The van der Waals surface area contributed by atoms with Gasteiger partial charge in [-0.3, -0.25) is 0 Å². The van der Waals surface area contributed by atoms with Gasteiger partial charge >= 0.3 is 0 Å². The van der Waals surface area contributed by atoms with E-state index < -0.39 is 0 Å². The molecule has 5 heteroatoms. The van der Waals surface area contributed by atoms with Crippen LogP contribution in [-0.4, -0.2) is 22.9 Å². The van der Waals surface area contributed by atoms with Gasteiger partial charge in [0.15, 0.2) is 5.82 Å². The summed E-state index contributed by atoms with van der Waals surface area (Å²) >= 11 is 0. The summed E-state index contributed by atoms with van der Waals surface area (Å²) in [6.45, 7) is 10.9. The van der Waals surface area contributed by atoms with Crippen LogP contribution in [0.15, 0.2) is 4.52 Å². The van der Waals surface area contributed by atoms with Gasteiger partial charge in [0, 0.05) is 6.42 Å². The molecule has 0 fully saturated rings. The number of aromatic nitrogens is 2. The van der Waals surface area contributed by atoms with E-state index in [-0.39, 0.29) is 17.6 Å². The molecule has 104 valence electrons. The summed E-state index contributed by atoms with van der Waals surface area (Å²) in [5.41, 5.74) is 6.19. The topological polar surface area (TPSA) is 74.2 Å². The van der Waals surface area contributed by atoms with Gasteiger partial charge in [-0.25, -0.2) is 0 Å². The number of rotatable bonds is 6. The molecule has 0 saturated carbocycles. The number of nitrogens with two attached hydrogens (primary N) is 1. The first-order valence-corrected chi connectivity index (χ1v) is 6.47. The second kappa shape index (κ2) is 6.29. The molecule has 0 aliphatic rings.